The second kappa shape index (κ2) is 6.39. The van der Waals surface area contributed by atoms with Gasteiger partial charge in [0.2, 0.25) is 0 Å². The fourth-order valence-electron chi connectivity index (χ4n) is 2.33. The molecule has 1 amide bonds. The first-order valence-corrected chi connectivity index (χ1v) is 6.86. The Bertz CT molecular complexity index is 688. The molecule has 0 fully saturated rings. The van der Waals surface area contributed by atoms with Crippen molar-refractivity contribution in [2.75, 3.05) is 25.3 Å². The molecule has 5 nitrogen and oxygen atoms in total. The third kappa shape index (κ3) is 3.14. The summed E-state index contributed by atoms with van der Waals surface area (Å²) in [5, 5.41) is 2.85. The largest absolute Gasteiger partial charge is 0.493 e. The molecule has 0 saturated heterocycles. The van der Waals surface area contributed by atoms with E-state index in [-0.39, 0.29) is 5.91 Å². The van der Waals surface area contributed by atoms with E-state index < -0.39 is 0 Å². The lowest BCUT2D eigenvalue weighted by Gasteiger charge is -2.13. The highest BCUT2D eigenvalue weighted by Gasteiger charge is 2.13. The van der Waals surface area contributed by atoms with Crippen LogP contribution in [0.3, 0.4) is 0 Å². The van der Waals surface area contributed by atoms with Crippen LogP contribution >= 0.6 is 0 Å². The summed E-state index contributed by atoms with van der Waals surface area (Å²) in [5.41, 5.74) is 9.62. The van der Waals surface area contributed by atoms with Crippen LogP contribution in [0.5, 0.6) is 11.5 Å². The molecule has 5 heteroatoms. The van der Waals surface area contributed by atoms with E-state index in [0.717, 1.165) is 11.1 Å². The number of nitrogens with one attached hydrogen (secondary N) is 1. The maximum Gasteiger partial charge on any atom is 0.255 e. The first kappa shape index (κ1) is 15.7. The normalized spacial score (nSPS) is 10.2. The summed E-state index contributed by atoms with van der Waals surface area (Å²) in [6.07, 6.45) is 0. The second-order valence-corrected chi connectivity index (χ2v) is 5.07. The number of hydrogen-bond donors (Lipinski definition) is 2. The van der Waals surface area contributed by atoms with E-state index >= 15 is 0 Å². The monoisotopic (exact) mass is 300 g/mol. The smallest absolute Gasteiger partial charge is 0.255 e. The van der Waals surface area contributed by atoms with Gasteiger partial charge in [0.1, 0.15) is 0 Å². The minimum absolute atomic E-state index is 0.250. The highest BCUT2D eigenvalue weighted by molar-refractivity contribution is 6.06. The zero-order chi connectivity index (χ0) is 16.3. The quantitative estimate of drug-likeness (QED) is 0.851. The summed E-state index contributed by atoms with van der Waals surface area (Å²) in [6.45, 7) is 3.87. The zero-order valence-corrected chi connectivity index (χ0v) is 13.2. The number of nitrogens with two attached hydrogens (primary N) is 1. The van der Waals surface area contributed by atoms with Gasteiger partial charge in [-0.25, -0.2) is 0 Å². The van der Waals surface area contributed by atoms with Gasteiger partial charge in [-0.2, -0.15) is 0 Å². The summed E-state index contributed by atoms with van der Waals surface area (Å²) >= 11 is 0. The van der Waals surface area contributed by atoms with Crippen LogP contribution in [0.2, 0.25) is 0 Å². The summed E-state index contributed by atoms with van der Waals surface area (Å²) in [6, 6.07) is 8.81. The van der Waals surface area contributed by atoms with Crippen molar-refractivity contribution < 1.29 is 14.3 Å². The number of rotatable bonds is 4. The fraction of sp³-hybridized carbons (Fsp3) is 0.235. The van der Waals surface area contributed by atoms with E-state index in [0.29, 0.717) is 28.4 Å². The maximum atomic E-state index is 12.4. The lowest BCUT2D eigenvalue weighted by Crippen LogP contribution is -2.14. The molecule has 0 aliphatic rings. The van der Waals surface area contributed by atoms with Gasteiger partial charge in [0.15, 0.2) is 11.5 Å². The molecule has 116 valence electrons. The molecule has 0 heterocycles. The van der Waals surface area contributed by atoms with E-state index in [1.165, 1.54) is 7.11 Å². The Kier molecular flexibility index (Phi) is 4.56. The number of carbonyl (C=O) groups excluding carboxylic acids is 1. The van der Waals surface area contributed by atoms with Crippen LogP contribution in [-0.4, -0.2) is 20.1 Å². The third-order valence-corrected chi connectivity index (χ3v) is 3.39. The molecule has 0 saturated carbocycles. The molecule has 0 aliphatic heterocycles. The number of anilines is 2. The van der Waals surface area contributed by atoms with Crippen molar-refractivity contribution in [3.8, 4) is 11.5 Å². The van der Waals surface area contributed by atoms with Gasteiger partial charge in [0.25, 0.3) is 5.91 Å². The summed E-state index contributed by atoms with van der Waals surface area (Å²) in [7, 11) is 3.08. The summed E-state index contributed by atoms with van der Waals surface area (Å²) in [4.78, 5) is 12.4. The number of ether oxygens (including phenoxy) is 2. The Balaban J connectivity index is 2.30. The van der Waals surface area contributed by atoms with Crippen molar-refractivity contribution in [1.82, 2.24) is 0 Å². The predicted octanol–water partition coefficient (Wildman–Crippen LogP) is 3.16. The van der Waals surface area contributed by atoms with Crippen molar-refractivity contribution in [1.29, 1.82) is 0 Å². The minimum Gasteiger partial charge on any atom is -0.493 e. The molecule has 2 aromatic rings. The Hall–Kier alpha value is -2.69. The molecule has 3 N–H and O–H groups in total. The number of methoxy groups -OCH3 is 2. The van der Waals surface area contributed by atoms with Crippen LogP contribution in [0, 0.1) is 13.8 Å². The first-order valence-electron chi connectivity index (χ1n) is 6.86. The van der Waals surface area contributed by atoms with E-state index in [1.807, 2.05) is 26.0 Å². The molecule has 2 rings (SSSR count). The van der Waals surface area contributed by atoms with Gasteiger partial charge in [0, 0.05) is 5.56 Å². The molecule has 0 atom stereocenters. The van der Waals surface area contributed by atoms with Gasteiger partial charge in [0.05, 0.1) is 25.6 Å². The zero-order valence-electron chi connectivity index (χ0n) is 13.2. The van der Waals surface area contributed by atoms with Crippen molar-refractivity contribution in [2.45, 2.75) is 13.8 Å². The number of carbonyl (C=O) groups is 1. The van der Waals surface area contributed by atoms with Crippen LogP contribution in [0.25, 0.3) is 0 Å². The third-order valence-electron chi connectivity index (χ3n) is 3.39. The van der Waals surface area contributed by atoms with Crippen molar-refractivity contribution in [3.63, 3.8) is 0 Å². The fourth-order valence-corrected chi connectivity index (χ4v) is 2.33. The highest BCUT2D eigenvalue weighted by Crippen LogP contribution is 2.29. The molecular formula is C17H20N2O3. The van der Waals surface area contributed by atoms with Gasteiger partial charge in [-0.15, -0.1) is 0 Å². The average Bonchev–Trinajstić information content (AvgIpc) is 2.49. The lowest BCUT2D eigenvalue weighted by atomic mass is 10.1. The standard InChI is InChI=1S/C17H20N2O3/c1-10-7-11(2)16(13(18)8-10)19-17(20)12-5-6-14(21-3)15(9-12)22-4/h5-9H,18H2,1-4H3,(H,19,20). The van der Waals surface area contributed by atoms with Gasteiger partial charge < -0.3 is 20.5 Å². The maximum absolute atomic E-state index is 12.4. The Labute approximate surface area is 130 Å². The SMILES string of the molecule is COc1ccc(C(=O)Nc2c(C)cc(C)cc2N)cc1OC. The van der Waals surface area contributed by atoms with Crippen molar-refractivity contribution in [2.24, 2.45) is 0 Å². The topological polar surface area (TPSA) is 73.6 Å². The van der Waals surface area contributed by atoms with E-state index in [1.54, 1.807) is 25.3 Å². The molecule has 0 aliphatic carbocycles. The van der Waals surface area contributed by atoms with E-state index in [9.17, 15) is 4.79 Å². The average molecular weight is 300 g/mol. The minimum atomic E-state index is -0.250. The van der Waals surface area contributed by atoms with Crippen LogP contribution in [0.1, 0.15) is 21.5 Å². The highest BCUT2D eigenvalue weighted by atomic mass is 16.5. The van der Waals surface area contributed by atoms with Crippen LogP contribution in [0.15, 0.2) is 30.3 Å². The molecule has 0 bridgehead atoms. The summed E-state index contributed by atoms with van der Waals surface area (Å²) < 4.78 is 10.4. The van der Waals surface area contributed by atoms with E-state index in [2.05, 4.69) is 5.32 Å². The van der Waals surface area contributed by atoms with Gasteiger partial charge >= 0.3 is 0 Å². The molecule has 0 spiro atoms. The molecular weight excluding hydrogens is 280 g/mol. The predicted molar refractivity (Wildman–Crippen MR) is 87.8 cm³/mol. The molecule has 22 heavy (non-hydrogen) atoms. The number of amides is 1. The van der Waals surface area contributed by atoms with Gasteiger partial charge in [-0.1, -0.05) is 6.07 Å². The lowest BCUT2D eigenvalue weighted by molar-refractivity contribution is 0.102. The second-order valence-electron chi connectivity index (χ2n) is 5.07. The number of benzene rings is 2. The summed E-state index contributed by atoms with van der Waals surface area (Å²) in [5.74, 6) is 0.827. The first-order chi connectivity index (χ1) is 10.5. The Morgan fingerprint density at radius 3 is 2.32 bits per heavy atom. The van der Waals surface area contributed by atoms with E-state index in [4.69, 9.17) is 15.2 Å². The van der Waals surface area contributed by atoms with Crippen LogP contribution in [0.4, 0.5) is 11.4 Å². The Morgan fingerprint density at radius 2 is 1.73 bits per heavy atom. The van der Waals surface area contributed by atoms with Gasteiger partial charge in [-0.05, 0) is 49.2 Å². The number of aryl methyl sites for hydroxylation is 2. The molecule has 0 aromatic heterocycles. The Morgan fingerprint density at radius 1 is 1.05 bits per heavy atom. The van der Waals surface area contributed by atoms with Crippen LogP contribution < -0.4 is 20.5 Å². The molecule has 0 radical (unpaired) electrons. The number of hydrogen-bond acceptors (Lipinski definition) is 4. The van der Waals surface area contributed by atoms with Crippen molar-refractivity contribution >= 4 is 17.3 Å². The number of nitrogen functional groups attached to an aromatic ring is 1. The van der Waals surface area contributed by atoms with Crippen LogP contribution in [-0.2, 0) is 0 Å². The molecule has 2 aromatic carbocycles. The van der Waals surface area contributed by atoms with Gasteiger partial charge in [-0.3, -0.25) is 4.79 Å². The molecule has 0 unspecified atom stereocenters. The van der Waals surface area contributed by atoms with Crippen molar-refractivity contribution in [3.05, 3.63) is 47.0 Å².